The van der Waals surface area contributed by atoms with Crippen LogP contribution in [-0.2, 0) is 28.6 Å². The molecule has 2 aliphatic rings. The molecule has 1 N–H and O–H groups in total. The maximum absolute atomic E-state index is 12.2. The lowest BCUT2D eigenvalue weighted by atomic mass is 10.1. The van der Waals surface area contributed by atoms with Gasteiger partial charge in [0, 0.05) is 20.0 Å². The fourth-order valence-corrected chi connectivity index (χ4v) is 5.15. The maximum atomic E-state index is 12.2. The number of ketones is 2. The molecule has 1 aromatic rings. The lowest BCUT2D eigenvalue weighted by molar-refractivity contribution is -0.154. The summed E-state index contributed by atoms with van der Waals surface area (Å²) >= 11 is 1.26. The van der Waals surface area contributed by atoms with Gasteiger partial charge < -0.3 is 19.5 Å². The summed E-state index contributed by atoms with van der Waals surface area (Å²) in [6, 6.07) is -0.775. The number of hydrogen-bond acceptors (Lipinski definition) is 12. The molecule has 0 unspecified atom stereocenters. The third kappa shape index (κ3) is 12.0. The van der Waals surface area contributed by atoms with Crippen LogP contribution in [0.5, 0.6) is 0 Å². The number of esters is 1. The number of nitrogens with zero attached hydrogens (tertiary/aromatic N) is 4. The minimum atomic E-state index is -1.03. The normalized spacial score (nSPS) is 17.9. The van der Waals surface area contributed by atoms with Crippen LogP contribution in [0.2, 0.25) is 0 Å². The van der Waals surface area contributed by atoms with Gasteiger partial charge in [0.05, 0.1) is 25.2 Å². The van der Waals surface area contributed by atoms with Crippen LogP contribution in [0.15, 0.2) is 0 Å². The number of ether oxygens (including phenoxy) is 3. The quantitative estimate of drug-likeness (QED) is 0.205. The van der Waals surface area contributed by atoms with E-state index in [1.54, 1.807) is 32.6 Å². The molecule has 14 nitrogen and oxygen atoms in total. The summed E-state index contributed by atoms with van der Waals surface area (Å²) < 4.78 is 15.2. The molecule has 1 aromatic heterocycles. The minimum absolute atomic E-state index is 0. The van der Waals surface area contributed by atoms with Crippen molar-refractivity contribution in [3.63, 3.8) is 0 Å². The Hall–Kier alpha value is -3.27. The molecule has 2 aliphatic heterocycles. The van der Waals surface area contributed by atoms with Crippen LogP contribution in [0.25, 0.3) is 0 Å². The van der Waals surface area contributed by atoms with Crippen LogP contribution in [0.1, 0.15) is 102 Å². The topological polar surface area (TPSA) is 174 Å². The number of aromatic nitrogens is 2. The molecule has 2 atom stereocenters. The van der Waals surface area contributed by atoms with Crippen molar-refractivity contribution in [3.8, 4) is 0 Å². The summed E-state index contributed by atoms with van der Waals surface area (Å²) in [4.78, 5) is 73.4. The van der Waals surface area contributed by atoms with E-state index in [4.69, 9.17) is 9.47 Å². The van der Waals surface area contributed by atoms with Crippen molar-refractivity contribution >= 4 is 60.5 Å². The van der Waals surface area contributed by atoms with Crippen LogP contribution in [0, 0.1) is 0 Å². The first kappa shape index (κ1) is 38.8. The highest BCUT2D eigenvalue weighted by atomic mass is 32.1. The molecule has 44 heavy (non-hydrogen) atoms. The van der Waals surface area contributed by atoms with Crippen LogP contribution in [0.3, 0.4) is 0 Å². The van der Waals surface area contributed by atoms with Crippen LogP contribution in [-0.4, -0.2) is 99.1 Å². The highest BCUT2D eigenvalue weighted by Crippen LogP contribution is 2.34. The van der Waals surface area contributed by atoms with E-state index in [0.29, 0.717) is 35.9 Å². The summed E-state index contributed by atoms with van der Waals surface area (Å²) in [6.45, 7) is 14.6. The van der Waals surface area contributed by atoms with E-state index in [1.807, 2.05) is 20.8 Å². The molecular formula is C28H45N5O9S2. The van der Waals surface area contributed by atoms with E-state index in [9.17, 15) is 28.8 Å². The third-order valence-corrected chi connectivity index (χ3v) is 7.17. The first-order valence-electron chi connectivity index (χ1n) is 14.2. The zero-order valence-electron chi connectivity index (χ0n) is 26.7. The molecule has 2 fully saturated rings. The average Bonchev–Trinajstić information content (AvgIpc) is 3.65. The fraction of sp³-hybridized carbons (Fsp3) is 0.714. The molecule has 16 heteroatoms. The molecular weight excluding hydrogens is 614 g/mol. The first-order valence-corrected chi connectivity index (χ1v) is 15.1. The molecule has 0 aromatic carbocycles. The lowest BCUT2D eigenvalue weighted by Crippen LogP contribution is -2.47. The summed E-state index contributed by atoms with van der Waals surface area (Å²) in [5.41, 5.74) is -1.17. The number of carbonyl (C=O) groups excluding carboxylic acids is 6. The number of nitrogens with one attached hydrogen (secondary N) is 1. The SMILES string of the molecule is CC(=O)c1nnc([C@@H]2CCCN2C(=O)OC(C)(C)C)s1.CCOC(=O)C(=O)NCC(=O)[C@@H]1CCCN1C(=O)OC(C)(C)C.S. The Balaban J connectivity index is 0.000000433. The molecule has 0 spiro atoms. The van der Waals surface area contributed by atoms with Crippen LogP contribution < -0.4 is 5.32 Å². The van der Waals surface area contributed by atoms with Crippen molar-refractivity contribution in [2.75, 3.05) is 26.2 Å². The predicted octanol–water partition coefficient (Wildman–Crippen LogP) is 3.56. The fourth-order valence-electron chi connectivity index (χ4n) is 4.27. The van der Waals surface area contributed by atoms with E-state index in [2.05, 4.69) is 20.3 Å². The van der Waals surface area contributed by atoms with Gasteiger partial charge in [0.1, 0.15) is 16.2 Å². The average molecular weight is 660 g/mol. The number of amides is 3. The van der Waals surface area contributed by atoms with Gasteiger partial charge in [-0.25, -0.2) is 14.4 Å². The second-order valence-electron chi connectivity index (χ2n) is 12.0. The Kier molecular flexibility index (Phi) is 14.7. The van der Waals surface area contributed by atoms with Crippen molar-refractivity contribution in [1.82, 2.24) is 25.3 Å². The summed E-state index contributed by atoms with van der Waals surface area (Å²) in [5, 5.41) is 11.2. The monoisotopic (exact) mass is 659 g/mol. The highest BCUT2D eigenvalue weighted by Gasteiger charge is 2.37. The maximum Gasteiger partial charge on any atom is 0.410 e. The van der Waals surface area contributed by atoms with Gasteiger partial charge in [-0.1, -0.05) is 11.3 Å². The summed E-state index contributed by atoms with van der Waals surface area (Å²) in [5.74, 6) is -2.45. The second-order valence-corrected chi connectivity index (χ2v) is 13.0. The van der Waals surface area contributed by atoms with Gasteiger partial charge in [0.2, 0.25) is 0 Å². The molecule has 3 amide bonds. The molecule has 3 rings (SSSR count). The van der Waals surface area contributed by atoms with Gasteiger partial charge in [0.25, 0.3) is 0 Å². The number of Topliss-reactive ketones (excluding diaryl/α,β-unsaturated/α-hetero) is 2. The third-order valence-electron chi connectivity index (χ3n) is 6.04. The van der Waals surface area contributed by atoms with Crippen LogP contribution >= 0.6 is 24.8 Å². The standard InChI is InChI=1S/C15H24N2O6.C13H19N3O3S.H2S/c1-5-22-13(20)12(19)16-9-11(18)10-7-6-8-17(10)14(21)23-15(2,3)4;1-8(17)10-14-15-11(20-10)9-6-5-7-16(9)12(18)19-13(2,3)4;/h10H,5-9H2,1-4H3,(H,16,19);9H,5-7H2,1-4H3;1H2/t10-;9-;/m00./s1. The number of carbonyl (C=O) groups is 6. The summed E-state index contributed by atoms with van der Waals surface area (Å²) in [6.07, 6.45) is 2.03. The van der Waals surface area contributed by atoms with E-state index in [-0.39, 0.29) is 50.3 Å². The molecule has 0 bridgehead atoms. The van der Waals surface area contributed by atoms with E-state index >= 15 is 0 Å². The minimum Gasteiger partial charge on any atom is -0.459 e. The van der Waals surface area contributed by atoms with Crippen molar-refractivity contribution < 1.29 is 43.0 Å². The molecule has 0 radical (unpaired) electrons. The smallest absolute Gasteiger partial charge is 0.410 e. The first-order chi connectivity index (χ1) is 19.9. The van der Waals surface area contributed by atoms with Crippen LogP contribution in [0.4, 0.5) is 9.59 Å². The molecule has 2 saturated heterocycles. The van der Waals surface area contributed by atoms with E-state index in [0.717, 1.165) is 12.8 Å². The van der Waals surface area contributed by atoms with Gasteiger partial charge in [-0.3, -0.25) is 24.2 Å². The highest BCUT2D eigenvalue weighted by molar-refractivity contribution is 7.59. The summed E-state index contributed by atoms with van der Waals surface area (Å²) in [7, 11) is 0. The molecule has 0 saturated carbocycles. The predicted molar refractivity (Wildman–Crippen MR) is 166 cm³/mol. The Morgan fingerprint density at radius 2 is 1.43 bits per heavy atom. The van der Waals surface area contributed by atoms with Gasteiger partial charge in [0.15, 0.2) is 16.6 Å². The Morgan fingerprint density at radius 1 is 0.886 bits per heavy atom. The van der Waals surface area contributed by atoms with Crippen molar-refractivity contribution in [2.45, 2.75) is 104 Å². The van der Waals surface area contributed by atoms with E-state index in [1.165, 1.54) is 23.2 Å². The van der Waals surface area contributed by atoms with Crippen molar-refractivity contribution in [1.29, 1.82) is 0 Å². The Labute approximate surface area is 269 Å². The number of likely N-dealkylation sites (tertiary alicyclic amines) is 2. The van der Waals surface area contributed by atoms with E-state index < -0.39 is 35.2 Å². The molecule has 248 valence electrons. The largest absolute Gasteiger partial charge is 0.459 e. The number of hydrogen-bond donors (Lipinski definition) is 1. The second kappa shape index (κ2) is 16.7. The van der Waals surface area contributed by atoms with Gasteiger partial charge >= 0.3 is 24.1 Å². The molecule has 3 heterocycles. The zero-order chi connectivity index (χ0) is 32.5. The number of rotatable bonds is 6. The Bertz CT molecular complexity index is 1190. The van der Waals surface area contributed by atoms with Gasteiger partial charge in [-0.05, 0) is 74.1 Å². The van der Waals surface area contributed by atoms with Gasteiger partial charge in [-0.15, -0.1) is 10.2 Å². The van der Waals surface area contributed by atoms with Crippen molar-refractivity contribution in [3.05, 3.63) is 10.0 Å². The van der Waals surface area contributed by atoms with Crippen molar-refractivity contribution in [2.24, 2.45) is 0 Å². The Morgan fingerprint density at radius 3 is 1.95 bits per heavy atom. The zero-order valence-corrected chi connectivity index (χ0v) is 28.5. The molecule has 0 aliphatic carbocycles. The lowest BCUT2D eigenvalue weighted by Gasteiger charge is -2.27. The van der Waals surface area contributed by atoms with Gasteiger partial charge in [-0.2, -0.15) is 13.5 Å².